The molecular formula is C32H33N7O3. The van der Waals surface area contributed by atoms with Gasteiger partial charge in [-0.05, 0) is 74.1 Å². The van der Waals surface area contributed by atoms with E-state index in [-0.39, 0.29) is 24.3 Å². The van der Waals surface area contributed by atoms with Crippen LogP contribution in [-0.2, 0) is 29.6 Å². The van der Waals surface area contributed by atoms with Gasteiger partial charge in [-0.3, -0.25) is 28.7 Å². The van der Waals surface area contributed by atoms with Crippen molar-refractivity contribution in [2.75, 3.05) is 0 Å². The van der Waals surface area contributed by atoms with Gasteiger partial charge in [0.2, 0.25) is 11.8 Å². The molecule has 2 aliphatic heterocycles. The number of imide groups is 1. The molecule has 4 aliphatic rings. The van der Waals surface area contributed by atoms with E-state index in [1.165, 1.54) is 29.1 Å². The number of pyridine rings is 1. The summed E-state index contributed by atoms with van der Waals surface area (Å²) in [5, 5.41) is 12.9. The largest absolute Gasteiger partial charge is 0.273 e. The molecule has 1 saturated heterocycles. The Bertz CT molecular complexity index is 1740. The van der Waals surface area contributed by atoms with Crippen molar-refractivity contribution in [3.05, 3.63) is 65.2 Å². The third-order valence-corrected chi connectivity index (χ3v) is 9.51. The van der Waals surface area contributed by atoms with Crippen molar-refractivity contribution in [2.45, 2.75) is 76.3 Å². The quantitative estimate of drug-likeness (QED) is 0.302. The second-order valence-corrected chi connectivity index (χ2v) is 12.4. The first kappa shape index (κ1) is 25.4. The summed E-state index contributed by atoms with van der Waals surface area (Å²) in [6, 6.07) is 8.49. The predicted molar refractivity (Wildman–Crippen MR) is 154 cm³/mol. The van der Waals surface area contributed by atoms with E-state index in [1.807, 2.05) is 36.3 Å². The standard InChI is InChI=1S/C32H33N7O3/c1-36-28-14-27(33-15-23(28)16-34-36)26-18-37(35-31(26)21-8-9-21)24-12-20(13-24)6-5-19-7-10-25-22(11-19)17-38(32(25)42)39-29(40)3-2-4-30(39)41/h7,10-11,14-16,18,20-21,24H,2-6,8-9,12-13,17H2,1H3. The van der Waals surface area contributed by atoms with Crippen LogP contribution in [0.15, 0.2) is 42.9 Å². The first-order chi connectivity index (χ1) is 20.4. The van der Waals surface area contributed by atoms with Crippen molar-refractivity contribution in [1.82, 2.24) is 34.6 Å². The number of hydrogen-bond donors (Lipinski definition) is 0. The molecule has 8 rings (SSSR count). The monoisotopic (exact) mass is 563 g/mol. The number of amides is 3. The number of carbonyl (C=O) groups excluding carboxylic acids is 3. The SMILES string of the molecule is Cn1ncc2cnc(-c3cn(C4CC(CCc5ccc6c(c5)CN(N5C(=O)CCCC5=O)C6=O)C4)nc3C3CC3)cc21. The highest BCUT2D eigenvalue weighted by molar-refractivity contribution is 6.04. The topological polar surface area (TPSA) is 106 Å². The molecule has 3 aromatic heterocycles. The maximum absolute atomic E-state index is 13.0. The highest BCUT2D eigenvalue weighted by Gasteiger charge is 2.39. The van der Waals surface area contributed by atoms with Crippen LogP contribution in [0.5, 0.6) is 0 Å². The number of nitrogens with zero attached hydrogens (tertiary/aromatic N) is 7. The van der Waals surface area contributed by atoms with E-state index in [2.05, 4.69) is 28.1 Å². The molecule has 10 nitrogen and oxygen atoms in total. The van der Waals surface area contributed by atoms with Crippen LogP contribution in [0, 0.1) is 5.92 Å². The van der Waals surface area contributed by atoms with Crippen LogP contribution in [0.2, 0.25) is 0 Å². The van der Waals surface area contributed by atoms with Gasteiger partial charge in [-0.15, -0.1) is 0 Å². The predicted octanol–water partition coefficient (Wildman–Crippen LogP) is 4.70. The Morgan fingerprint density at radius 1 is 0.976 bits per heavy atom. The lowest BCUT2D eigenvalue weighted by Gasteiger charge is -2.35. The van der Waals surface area contributed by atoms with Gasteiger partial charge in [-0.1, -0.05) is 12.1 Å². The molecule has 5 heterocycles. The van der Waals surface area contributed by atoms with Crippen molar-refractivity contribution in [1.29, 1.82) is 0 Å². The smallest absolute Gasteiger partial charge is 0.273 e. The fourth-order valence-electron chi connectivity index (χ4n) is 6.85. The van der Waals surface area contributed by atoms with E-state index in [0.29, 0.717) is 42.7 Å². The normalized spacial score (nSPS) is 22.3. The van der Waals surface area contributed by atoms with E-state index in [0.717, 1.165) is 58.4 Å². The molecule has 214 valence electrons. The molecule has 0 spiro atoms. The lowest BCUT2D eigenvalue weighted by atomic mass is 9.77. The summed E-state index contributed by atoms with van der Waals surface area (Å²) in [5.41, 5.74) is 7.06. The Labute approximate surface area is 243 Å². The highest BCUT2D eigenvalue weighted by Crippen LogP contribution is 2.46. The Hall–Kier alpha value is -4.34. The zero-order valence-electron chi connectivity index (χ0n) is 23.7. The van der Waals surface area contributed by atoms with Crippen LogP contribution in [0.1, 0.15) is 90.5 Å². The summed E-state index contributed by atoms with van der Waals surface area (Å²) >= 11 is 0. The molecular weight excluding hydrogens is 530 g/mol. The van der Waals surface area contributed by atoms with Crippen molar-refractivity contribution in [3.63, 3.8) is 0 Å². The third kappa shape index (κ3) is 4.23. The average Bonchev–Trinajstić information content (AvgIpc) is 3.50. The fourth-order valence-corrected chi connectivity index (χ4v) is 6.85. The van der Waals surface area contributed by atoms with Gasteiger partial charge >= 0.3 is 0 Å². The molecule has 0 N–H and O–H groups in total. The lowest BCUT2D eigenvalue weighted by Crippen LogP contribution is -2.51. The molecule has 0 radical (unpaired) electrons. The molecule has 0 unspecified atom stereocenters. The van der Waals surface area contributed by atoms with Gasteiger partial charge in [-0.25, -0.2) is 5.01 Å². The number of carbonyl (C=O) groups is 3. The summed E-state index contributed by atoms with van der Waals surface area (Å²) in [6.45, 7) is 0.276. The highest BCUT2D eigenvalue weighted by atomic mass is 16.2. The van der Waals surface area contributed by atoms with Crippen LogP contribution in [0.3, 0.4) is 0 Å². The van der Waals surface area contributed by atoms with E-state index in [4.69, 9.17) is 10.1 Å². The number of piperidine rings is 1. The van der Waals surface area contributed by atoms with Crippen molar-refractivity contribution in [3.8, 4) is 11.3 Å². The summed E-state index contributed by atoms with van der Waals surface area (Å²) in [7, 11) is 1.96. The number of benzene rings is 1. The van der Waals surface area contributed by atoms with Gasteiger partial charge in [0.1, 0.15) is 0 Å². The van der Waals surface area contributed by atoms with Crippen LogP contribution in [0.4, 0.5) is 0 Å². The number of aromatic nitrogens is 5. The molecule has 3 fully saturated rings. The Morgan fingerprint density at radius 3 is 2.57 bits per heavy atom. The molecule has 0 bridgehead atoms. The number of aryl methyl sites for hydroxylation is 2. The van der Waals surface area contributed by atoms with Crippen molar-refractivity contribution in [2.24, 2.45) is 13.0 Å². The number of rotatable bonds is 7. The molecule has 0 atom stereocenters. The van der Waals surface area contributed by atoms with Crippen molar-refractivity contribution >= 4 is 28.6 Å². The molecule has 2 aliphatic carbocycles. The Morgan fingerprint density at radius 2 is 1.79 bits per heavy atom. The summed E-state index contributed by atoms with van der Waals surface area (Å²) in [6.07, 6.45) is 13.8. The number of hydrazine groups is 1. The van der Waals surface area contributed by atoms with E-state index in [9.17, 15) is 14.4 Å². The van der Waals surface area contributed by atoms with Gasteiger partial charge in [0.15, 0.2) is 0 Å². The van der Waals surface area contributed by atoms with Crippen LogP contribution in [0.25, 0.3) is 22.2 Å². The molecule has 10 heteroatoms. The maximum Gasteiger partial charge on any atom is 0.273 e. The maximum atomic E-state index is 13.0. The van der Waals surface area contributed by atoms with Gasteiger partial charge in [0.05, 0.1) is 35.7 Å². The number of hydrogen-bond acceptors (Lipinski definition) is 6. The minimum atomic E-state index is -0.286. The van der Waals surface area contributed by atoms with E-state index in [1.54, 1.807) is 0 Å². The van der Waals surface area contributed by atoms with E-state index < -0.39 is 0 Å². The van der Waals surface area contributed by atoms with Gasteiger partial charge in [0, 0.05) is 54.7 Å². The summed E-state index contributed by atoms with van der Waals surface area (Å²) in [4.78, 5) is 42.5. The third-order valence-electron chi connectivity index (χ3n) is 9.51. The van der Waals surface area contributed by atoms with Gasteiger partial charge in [-0.2, -0.15) is 15.2 Å². The second-order valence-electron chi connectivity index (χ2n) is 12.4. The summed E-state index contributed by atoms with van der Waals surface area (Å²) < 4.78 is 4.08. The zero-order chi connectivity index (χ0) is 28.5. The molecule has 3 amide bonds. The van der Waals surface area contributed by atoms with Crippen LogP contribution >= 0.6 is 0 Å². The average molecular weight is 564 g/mol. The van der Waals surface area contributed by atoms with Crippen LogP contribution in [-0.4, -0.2) is 52.3 Å². The van der Waals surface area contributed by atoms with Gasteiger partial charge < -0.3 is 0 Å². The first-order valence-corrected chi connectivity index (χ1v) is 15.1. The first-order valence-electron chi connectivity index (χ1n) is 15.1. The lowest BCUT2D eigenvalue weighted by molar-refractivity contribution is -0.163. The molecule has 42 heavy (non-hydrogen) atoms. The minimum absolute atomic E-state index is 0.262. The fraction of sp³-hybridized carbons (Fsp3) is 0.438. The molecule has 4 aromatic rings. The zero-order valence-corrected chi connectivity index (χ0v) is 23.7. The Balaban J connectivity index is 0.918. The van der Waals surface area contributed by atoms with Crippen LogP contribution < -0.4 is 0 Å². The minimum Gasteiger partial charge on any atom is -0.273 e. The number of fused-ring (bicyclic) bond motifs is 2. The Kier molecular flexibility index (Phi) is 5.80. The summed E-state index contributed by atoms with van der Waals surface area (Å²) in [5.74, 6) is 0.334. The second kappa shape index (κ2) is 9.61. The van der Waals surface area contributed by atoms with E-state index >= 15 is 0 Å². The molecule has 1 aromatic carbocycles. The van der Waals surface area contributed by atoms with Crippen molar-refractivity contribution < 1.29 is 14.4 Å². The van der Waals surface area contributed by atoms with Gasteiger partial charge in [0.25, 0.3) is 5.91 Å². The molecule has 2 saturated carbocycles.